The van der Waals surface area contributed by atoms with Gasteiger partial charge < -0.3 is 9.67 Å². The maximum atomic E-state index is 10.1. The van der Waals surface area contributed by atoms with Gasteiger partial charge in [0.05, 0.1) is 6.10 Å². The zero-order valence-electron chi connectivity index (χ0n) is 11.5. The Morgan fingerprint density at radius 2 is 2.17 bits per heavy atom. The predicted octanol–water partition coefficient (Wildman–Crippen LogP) is 3.17. The minimum Gasteiger partial charge on any atom is -0.393 e. The van der Waals surface area contributed by atoms with Crippen molar-refractivity contribution < 1.29 is 5.11 Å². The molecule has 1 saturated carbocycles. The number of aliphatic hydroxyl groups is 1. The van der Waals surface area contributed by atoms with Crippen LogP contribution in [-0.2, 0) is 13.0 Å². The number of aliphatic hydroxyl groups excluding tert-OH is 1. The van der Waals surface area contributed by atoms with Crippen LogP contribution in [0.4, 0.5) is 0 Å². The Hall–Kier alpha value is -0.830. The number of nitrogens with zero attached hydrogens (tertiary/aromatic N) is 2. The molecule has 3 nitrogen and oxygen atoms in total. The van der Waals surface area contributed by atoms with Gasteiger partial charge >= 0.3 is 0 Å². The van der Waals surface area contributed by atoms with Gasteiger partial charge in [-0.3, -0.25) is 0 Å². The molecular weight excluding hydrogens is 224 g/mol. The van der Waals surface area contributed by atoms with Crippen molar-refractivity contribution in [3.63, 3.8) is 0 Å². The average molecular weight is 250 g/mol. The summed E-state index contributed by atoms with van der Waals surface area (Å²) in [5.41, 5.74) is 0. The van der Waals surface area contributed by atoms with Gasteiger partial charge in [0.2, 0.25) is 0 Å². The summed E-state index contributed by atoms with van der Waals surface area (Å²) in [5.74, 6) is 1.88. The normalized spacial score (nSPS) is 19.0. The van der Waals surface area contributed by atoms with Gasteiger partial charge in [-0.1, -0.05) is 32.1 Å². The Kier molecular flexibility index (Phi) is 5.24. The third kappa shape index (κ3) is 3.84. The third-order valence-electron chi connectivity index (χ3n) is 4.19. The molecule has 0 aromatic carbocycles. The monoisotopic (exact) mass is 250 g/mol. The van der Waals surface area contributed by atoms with Crippen molar-refractivity contribution in [2.24, 2.45) is 5.92 Å². The van der Waals surface area contributed by atoms with Crippen molar-refractivity contribution in [3.05, 3.63) is 18.2 Å². The van der Waals surface area contributed by atoms with Gasteiger partial charge in [0, 0.05) is 25.4 Å². The van der Waals surface area contributed by atoms with Gasteiger partial charge in [0.15, 0.2) is 0 Å². The van der Waals surface area contributed by atoms with E-state index in [9.17, 15) is 5.11 Å². The van der Waals surface area contributed by atoms with E-state index in [-0.39, 0.29) is 6.10 Å². The maximum absolute atomic E-state index is 10.1. The van der Waals surface area contributed by atoms with Crippen LogP contribution in [-0.4, -0.2) is 20.8 Å². The summed E-state index contributed by atoms with van der Waals surface area (Å²) in [4.78, 5) is 4.32. The molecule has 0 radical (unpaired) electrons. The molecule has 2 rings (SSSR count). The smallest absolute Gasteiger partial charge is 0.111 e. The van der Waals surface area contributed by atoms with E-state index < -0.39 is 0 Å². The van der Waals surface area contributed by atoms with E-state index in [1.54, 1.807) is 0 Å². The minimum absolute atomic E-state index is 0.223. The van der Waals surface area contributed by atoms with Gasteiger partial charge in [0.25, 0.3) is 0 Å². The van der Waals surface area contributed by atoms with Gasteiger partial charge in [-0.05, 0) is 25.7 Å². The molecule has 1 fully saturated rings. The van der Waals surface area contributed by atoms with Gasteiger partial charge in [-0.25, -0.2) is 4.98 Å². The number of aryl methyl sites for hydroxylation is 1. The molecule has 1 atom stereocenters. The topological polar surface area (TPSA) is 38.0 Å². The lowest BCUT2D eigenvalue weighted by atomic mass is 9.85. The van der Waals surface area contributed by atoms with E-state index in [1.807, 2.05) is 12.4 Å². The van der Waals surface area contributed by atoms with Gasteiger partial charge in [0.1, 0.15) is 5.82 Å². The molecule has 18 heavy (non-hydrogen) atoms. The van der Waals surface area contributed by atoms with Crippen molar-refractivity contribution >= 4 is 0 Å². The number of rotatable bonds is 6. The first-order chi connectivity index (χ1) is 8.79. The molecule has 0 aliphatic heterocycles. The van der Waals surface area contributed by atoms with E-state index in [0.29, 0.717) is 6.42 Å². The van der Waals surface area contributed by atoms with Crippen LogP contribution in [0.3, 0.4) is 0 Å². The second-order valence-electron chi connectivity index (χ2n) is 5.57. The zero-order chi connectivity index (χ0) is 12.8. The lowest BCUT2D eigenvalue weighted by molar-refractivity contribution is 0.146. The first-order valence-corrected chi connectivity index (χ1v) is 7.47. The summed E-state index contributed by atoms with van der Waals surface area (Å²) in [6.07, 6.45) is 13.3. The first kappa shape index (κ1) is 13.6. The second kappa shape index (κ2) is 6.93. The van der Waals surface area contributed by atoms with Crippen LogP contribution < -0.4 is 0 Å². The lowest BCUT2D eigenvalue weighted by Crippen LogP contribution is -2.17. The van der Waals surface area contributed by atoms with Crippen LogP contribution in [0.15, 0.2) is 12.4 Å². The fraction of sp³-hybridized carbons (Fsp3) is 0.800. The summed E-state index contributed by atoms with van der Waals surface area (Å²) >= 11 is 0. The highest BCUT2D eigenvalue weighted by atomic mass is 16.3. The van der Waals surface area contributed by atoms with Crippen molar-refractivity contribution in [2.45, 2.75) is 70.9 Å². The van der Waals surface area contributed by atoms with E-state index in [4.69, 9.17) is 0 Å². The Morgan fingerprint density at radius 3 is 2.89 bits per heavy atom. The number of imidazole rings is 1. The molecule has 0 bridgehead atoms. The van der Waals surface area contributed by atoms with E-state index in [0.717, 1.165) is 24.7 Å². The van der Waals surface area contributed by atoms with Crippen LogP contribution in [0.25, 0.3) is 0 Å². The van der Waals surface area contributed by atoms with Crippen LogP contribution in [0.5, 0.6) is 0 Å². The van der Waals surface area contributed by atoms with Crippen LogP contribution in [0.1, 0.15) is 57.7 Å². The fourth-order valence-electron chi connectivity index (χ4n) is 3.03. The Labute approximate surface area is 110 Å². The molecule has 1 heterocycles. The van der Waals surface area contributed by atoms with Crippen LogP contribution in [0, 0.1) is 5.92 Å². The van der Waals surface area contributed by atoms with E-state index in [1.165, 1.54) is 38.5 Å². The highest BCUT2D eigenvalue weighted by Crippen LogP contribution is 2.27. The summed E-state index contributed by atoms with van der Waals surface area (Å²) in [6, 6.07) is 0. The largest absolute Gasteiger partial charge is 0.393 e. The molecule has 1 aromatic heterocycles. The molecule has 1 unspecified atom stereocenters. The highest BCUT2D eigenvalue weighted by Gasteiger charge is 2.16. The summed E-state index contributed by atoms with van der Waals surface area (Å²) < 4.78 is 2.11. The van der Waals surface area contributed by atoms with Crippen molar-refractivity contribution in [1.82, 2.24) is 9.55 Å². The van der Waals surface area contributed by atoms with Gasteiger partial charge in [-0.2, -0.15) is 0 Å². The maximum Gasteiger partial charge on any atom is 0.111 e. The molecule has 3 heteroatoms. The van der Waals surface area contributed by atoms with Crippen molar-refractivity contribution in [3.8, 4) is 0 Å². The molecule has 0 spiro atoms. The Bertz CT molecular complexity index is 342. The molecule has 1 aromatic rings. The summed E-state index contributed by atoms with van der Waals surface area (Å²) in [6.45, 7) is 3.05. The van der Waals surface area contributed by atoms with E-state index >= 15 is 0 Å². The number of hydrogen-bond donors (Lipinski definition) is 1. The second-order valence-corrected chi connectivity index (χ2v) is 5.57. The number of hydrogen-bond acceptors (Lipinski definition) is 2. The molecule has 1 N–H and O–H groups in total. The standard InChI is InChI=1S/C15H26N2O/c1-2-17-11-10-16-15(17)12-14(18)9-8-13-6-4-3-5-7-13/h10-11,13-14,18H,2-9,12H2,1H3. The first-order valence-electron chi connectivity index (χ1n) is 7.47. The summed E-state index contributed by atoms with van der Waals surface area (Å²) in [7, 11) is 0. The van der Waals surface area contributed by atoms with Crippen molar-refractivity contribution in [1.29, 1.82) is 0 Å². The minimum atomic E-state index is -0.223. The van der Waals surface area contributed by atoms with Gasteiger partial charge in [-0.15, -0.1) is 0 Å². The van der Waals surface area contributed by atoms with Crippen molar-refractivity contribution in [2.75, 3.05) is 0 Å². The fourth-order valence-corrected chi connectivity index (χ4v) is 3.03. The molecule has 0 saturated heterocycles. The molecular formula is C15H26N2O. The quantitative estimate of drug-likeness (QED) is 0.842. The molecule has 1 aliphatic carbocycles. The predicted molar refractivity (Wildman–Crippen MR) is 73.4 cm³/mol. The highest BCUT2D eigenvalue weighted by molar-refractivity contribution is 4.94. The van der Waals surface area contributed by atoms with Crippen LogP contribution in [0.2, 0.25) is 0 Å². The lowest BCUT2D eigenvalue weighted by Gasteiger charge is -2.22. The average Bonchev–Trinajstić information content (AvgIpc) is 2.85. The van der Waals surface area contributed by atoms with Crippen LogP contribution >= 0.6 is 0 Å². The number of aromatic nitrogens is 2. The Balaban J connectivity index is 1.72. The SMILES string of the molecule is CCn1ccnc1CC(O)CCC1CCCCC1. The third-order valence-corrected chi connectivity index (χ3v) is 4.19. The Morgan fingerprint density at radius 1 is 1.39 bits per heavy atom. The zero-order valence-corrected chi connectivity index (χ0v) is 11.5. The molecule has 102 valence electrons. The molecule has 1 aliphatic rings. The molecule has 0 amide bonds. The van der Waals surface area contributed by atoms with E-state index in [2.05, 4.69) is 16.5 Å². The summed E-state index contributed by atoms with van der Waals surface area (Å²) in [5, 5.41) is 10.1.